The molecule has 2 unspecified atom stereocenters. The van der Waals surface area contributed by atoms with E-state index < -0.39 is 22.4 Å². The highest BCUT2D eigenvalue weighted by molar-refractivity contribution is 7.93. The molecule has 65 valence electrons. The summed E-state index contributed by atoms with van der Waals surface area (Å²) in [4.78, 5) is 1.15. The fourth-order valence-corrected chi connectivity index (χ4v) is 2.74. The molecule has 0 heterocycles. The summed E-state index contributed by atoms with van der Waals surface area (Å²) in [5, 5.41) is 0. The Hall–Kier alpha value is -0.160. The van der Waals surface area contributed by atoms with Gasteiger partial charge in [-0.3, -0.25) is 0 Å². The lowest BCUT2D eigenvalue weighted by atomic mass is 10.4. The third-order valence-corrected chi connectivity index (χ3v) is 3.38. The molecule has 1 aromatic rings. The van der Waals surface area contributed by atoms with Gasteiger partial charge in [-0.1, -0.05) is 6.07 Å². The van der Waals surface area contributed by atoms with Crippen molar-refractivity contribution in [3.8, 4) is 0 Å². The normalized spacial score (nSPS) is 15.7. The second kappa shape index (κ2) is 4.18. The van der Waals surface area contributed by atoms with Gasteiger partial charge in [0.25, 0.3) is 0 Å². The summed E-state index contributed by atoms with van der Waals surface area (Å²) >= 11 is -2.20. The molecule has 2 nitrogen and oxygen atoms in total. The van der Waals surface area contributed by atoms with Gasteiger partial charge in [0.05, 0.1) is 0 Å². The fraction of sp³-hybridized carbons (Fsp3) is 0.250. The summed E-state index contributed by atoms with van der Waals surface area (Å²) in [6.45, 7) is 0. The smallest absolute Gasteiger partial charge is 0.215 e. The number of rotatable bonds is 2. The molecule has 0 aliphatic heterocycles. The SMILES string of the molecule is C[S+]([O-])c1[c]cccc1[S+](C)[O-]. The van der Waals surface area contributed by atoms with Crippen molar-refractivity contribution in [3.05, 3.63) is 24.3 Å². The van der Waals surface area contributed by atoms with E-state index in [1.165, 1.54) is 0 Å². The zero-order valence-corrected chi connectivity index (χ0v) is 8.50. The summed E-state index contributed by atoms with van der Waals surface area (Å²) in [5.74, 6) is 0. The molecule has 0 bridgehead atoms. The van der Waals surface area contributed by atoms with Crippen molar-refractivity contribution in [1.82, 2.24) is 0 Å². The summed E-state index contributed by atoms with van der Waals surface area (Å²) in [7, 11) is 0. The van der Waals surface area contributed by atoms with E-state index in [2.05, 4.69) is 6.07 Å². The van der Waals surface area contributed by atoms with Gasteiger partial charge in [-0.25, -0.2) is 0 Å². The molecule has 2 atom stereocenters. The Labute approximate surface area is 78.4 Å². The summed E-state index contributed by atoms with van der Waals surface area (Å²) in [5.41, 5.74) is 0. The average Bonchev–Trinajstić information content (AvgIpc) is 2.04. The first-order valence-electron chi connectivity index (χ1n) is 3.30. The molecule has 0 N–H and O–H groups in total. The highest BCUT2D eigenvalue weighted by Gasteiger charge is 2.18. The molecule has 0 amide bonds. The second-order valence-corrected chi connectivity index (χ2v) is 4.94. The molecule has 0 saturated carbocycles. The highest BCUT2D eigenvalue weighted by atomic mass is 32.2. The Balaban J connectivity index is 3.09. The van der Waals surface area contributed by atoms with Gasteiger partial charge < -0.3 is 9.11 Å². The van der Waals surface area contributed by atoms with Crippen LogP contribution in [0.25, 0.3) is 0 Å². The minimum absolute atomic E-state index is 0.540. The second-order valence-electron chi connectivity index (χ2n) is 2.27. The van der Waals surface area contributed by atoms with Crippen LogP contribution in [0.2, 0.25) is 0 Å². The van der Waals surface area contributed by atoms with Crippen molar-refractivity contribution in [3.63, 3.8) is 0 Å². The molecule has 4 heteroatoms. The fourth-order valence-electron chi connectivity index (χ4n) is 0.857. The molecule has 1 radical (unpaired) electrons. The van der Waals surface area contributed by atoms with E-state index in [0.717, 1.165) is 0 Å². The Morgan fingerprint density at radius 2 is 1.92 bits per heavy atom. The van der Waals surface area contributed by atoms with E-state index >= 15 is 0 Å². The van der Waals surface area contributed by atoms with Crippen molar-refractivity contribution in [2.24, 2.45) is 0 Å². The lowest BCUT2D eigenvalue weighted by Crippen LogP contribution is -2.07. The molecule has 0 aliphatic carbocycles. The minimum Gasteiger partial charge on any atom is -0.612 e. The van der Waals surface area contributed by atoms with Gasteiger partial charge >= 0.3 is 0 Å². The third-order valence-electron chi connectivity index (χ3n) is 1.38. The third kappa shape index (κ3) is 2.17. The van der Waals surface area contributed by atoms with E-state index in [-0.39, 0.29) is 0 Å². The van der Waals surface area contributed by atoms with E-state index in [9.17, 15) is 9.11 Å². The van der Waals surface area contributed by atoms with Crippen LogP contribution < -0.4 is 0 Å². The largest absolute Gasteiger partial charge is 0.612 e. The minimum atomic E-state index is -1.11. The van der Waals surface area contributed by atoms with E-state index in [0.29, 0.717) is 9.79 Å². The Morgan fingerprint density at radius 3 is 2.33 bits per heavy atom. The first kappa shape index (κ1) is 9.92. The maximum Gasteiger partial charge on any atom is 0.215 e. The van der Waals surface area contributed by atoms with Gasteiger partial charge in [-0.15, -0.1) is 0 Å². The van der Waals surface area contributed by atoms with Crippen LogP contribution in [0.4, 0.5) is 0 Å². The van der Waals surface area contributed by atoms with Crippen LogP contribution >= 0.6 is 0 Å². The Morgan fingerprint density at radius 1 is 1.25 bits per heavy atom. The van der Waals surface area contributed by atoms with Crippen molar-refractivity contribution in [2.45, 2.75) is 9.79 Å². The van der Waals surface area contributed by atoms with E-state index in [1.54, 1.807) is 30.7 Å². The first-order valence-corrected chi connectivity index (χ1v) is 6.42. The number of hydrogen-bond acceptors (Lipinski definition) is 2. The van der Waals surface area contributed by atoms with Crippen molar-refractivity contribution in [1.29, 1.82) is 0 Å². The zero-order chi connectivity index (χ0) is 9.14. The van der Waals surface area contributed by atoms with Crippen molar-refractivity contribution in [2.75, 3.05) is 12.5 Å². The van der Waals surface area contributed by atoms with E-state index in [1.807, 2.05) is 0 Å². The van der Waals surface area contributed by atoms with Crippen LogP contribution in [0.15, 0.2) is 28.0 Å². The van der Waals surface area contributed by atoms with Gasteiger partial charge in [0.2, 0.25) is 9.79 Å². The Kier molecular flexibility index (Phi) is 3.46. The number of benzene rings is 1. The van der Waals surface area contributed by atoms with E-state index in [4.69, 9.17) is 0 Å². The van der Waals surface area contributed by atoms with Gasteiger partial charge in [-0.05, 0) is 34.5 Å². The standard InChI is InChI=1S/C8H9O2S2/c1-11(9)7-5-3-4-6-8(7)12(2)10/h3-5H,1-2H3. The summed E-state index contributed by atoms with van der Waals surface area (Å²) in [6.07, 6.45) is 3.13. The first-order chi connectivity index (χ1) is 5.63. The highest BCUT2D eigenvalue weighted by Crippen LogP contribution is 2.19. The maximum atomic E-state index is 11.1. The number of hydrogen-bond donors (Lipinski definition) is 0. The average molecular weight is 201 g/mol. The summed E-state index contributed by atoms with van der Waals surface area (Å²) < 4.78 is 22.2. The van der Waals surface area contributed by atoms with Gasteiger partial charge in [-0.2, -0.15) is 0 Å². The zero-order valence-electron chi connectivity index (χ0n) is 6.87. The molecular formula is C8H9O2S2. The molecule has 0 aliphatic rings. The van der Waals surface area contributed by atoms with Gasteiger partial charge in [0.15, 0.2) is 0 Å². The van der Waals surface area contributed by atoms with Crippen LogP contribution in [0.5, 0.6) is 0 Å². The molecule has 12 heavy (non-hydrogen) atoms. The van der Waals surface area contributed by atoms with Crippen LogP contribution in [0, 0.1) is 6.07 Å². The molecule has 0 aromatic heterocycles. The van der Waals surface area contributed by atoms with Crippen LogP contribution in [0.3, 0.4) is 0 Å². The van der Waals surface area contributed by atoms with Crippen LogP contribution in [-0.2, 0) is 22.4 Å². The molecule has 0 saturated heterocycles. The van der Waals surface area contributed by atoms with Crippen LogP contribution in [-0.4, -0.2) is 21.6 Å². The van der Waals surface area contributed by atoms with Crippen molar-refractivity contribution >= 4 is 22.4 Å². The Bertz CT molecular complexity index is 234. The predicted molar refractivity (Wildman–Crippen MR) is 49.9 cm³/mol. The van der Waals surface area contributed by atoms with Gasteiger partial charge in [0, 0.05) is 6.07 Å². The van der Waals surface area contributed by atoms with Gasteiger partial charge in [0.1, 0.15) is 12.5 Å². The summed E-state index contributed by atoms with van der Waals surface area (Å²) in [6, 6.07) is 7.95. The quantitative estimate of drug-likeness (QED) is 0.669. The predicted octanol–water partition coefficient (Wildman–Crippen LogP) is 0.962. The topological polar surface area (TPSA) is 46.1 Å². The van der Waals surface area contributed by atoms with Crippen molar-refractivity contribution < 1.29 is 9.11 Å². The lowest BCUT2D eigenvalue weighted by Gasteiger charge is -2.09. The maximum absolute atomic E-state index is 11.1. The molecule has 0 spiro atoms. The molecule has 0 fully saturated rings. The monoisotopic (exact) mass is 201 g/mol. The molecular weight excluding hydrogens is 192 g/mol. The molecule has 1 rings (SSSR count). The lowest BCUT2D eigenvalue weighted by molar-refractivity contribution is 0.588. The molecule has 1 aromatic carbocycles. The van der Waals surface area contributed by atoms with Crippen LogP contribution in [0.1, 0.15) is 0 Å².